The number of carbonyl (C=O) groups is 1. The summed E-state index contributed by atoms with van der Waals surface area (Å²) in [5.74, 6) is -0.00542. The first-order valence-electron chi connectivity index (χ1n) is 7.43. The predicted molar refractivity (Wildman–Crippen MR) is 81.2 cm³/mol. The van der Waals surface area contributed by atoms with Gasteiger partial charge in [-0.2, -0.15) is 0 Å². The Morgan fingerprint density at radius 1 is 1.30 bits per heavy atom. The van der Waals surface area contributed by atoms with Gasteiger partial charge in [-0.1, -0.05) is 26.7 Å². The van der Waals surface area contributed by atoms with Gasteiger partial charge in [-0.3, -0.25) is 4.79 Å². The molecule has 2 aromatic heterocycles. The molecule has 0 saturated carbocycles. The molecule has 0 atom stereocenters. The molecule has 4 nitrogen and oxygen atoms in total. The number of amides is 1. The summed E-state index contributed by atoms with van der Waals surface area (Å²) >= 11 is 0. The number of hydrogen-bond donors (Lipinski definition) is 1. The molecule has 0 aliphatic heterocycles. The molecule has 108 valence electrons. The monoisotopic (exact) mass is 273 g/mol. The molecular weight excluding hydrogens is 250 g/mol. The third-order valence-electron chi connectivity index (χ3n) is 3.62. The Morgan fingerprint density at radius 2 is 2.10 bits per heavy atom. The minimum absolute atomic E-state index is 0.00542. The molecule has 1 N–H and O–H groups in total. The summed E-state index contributed by atoms with van der Waals surface area (Å²) < 4.78 is 2.00. The first-order valence-corrected chi connectivity index (χ1v) is 7.43. The summed E-state index contributed by atoms with van der Waals surface area (Å²) in [6.45, 7) is 7.04. The lowest BCUT2D eigenvalue weighted by molar-refractivity contribution is 0.0952. The Kier molecular flexibility index (Phi) is 4.77. The van der Waals surface area contributed by atoms with Gasteiger partial charge in [0.25, 0.3) is 5.91 Å². The van der Waals surface area contributed by atoms with Crippen molar-refractivity contribution in [3.05, 3.63) is 35.3 Å². The molecule has 0 saturated heterocycles. The van der Waals surface area contributed by atoms with E-state index in [9.17, 15) is 4.79 Å². The number of hydrogen-bond acceptors (Lipinski definition) is 2. The highest BCUT2D eigenvalue weighted by Crippen LogP contribution is 2.13. The predicted octanol–water partition coefficient (Wildman–Crippen LogP) is 3.13. The highest BCUT2D eigenvalue weighted by molar-refractivity contribution is 5.94. The van der Waals surface area contributed by atoms with E-state index in [1.807, 2.05) is 29.7 Å². The molecule has 2 aromatic rings. The van der Waals surface area contributed by atoms with E-state index < -0.39 is 0 Å². The lowest BCUT2D eigenvalue weighted by Gasteiger charge is -2.06. The number of carbonyl (C=O) groups excluding carboxylic acids is 1. The van der Waals surface area contributed by atoms with Gasteiger partial charge in [0, 0.05) is 18.4 Å². The second kappa shape index (κ2) is 6.55. The molecule has 0 fully saturated rings. The summed E-state index contributed by atoms with van der Waals surface area (Å²) in [4.78, 5) is 16.6. The van der Waals surface area contributed by atoms with E-state index in [0.29, 0.717) is 5.56 Å². The van der Waals surface area contributed by atoms with Crippen molar-refractivity contribution in [2.75, 3.05) is 6.54 Å². The van der Waals surface area contributed by atoms with E-state index in [4.69, 9.17) is 0 Å². The lowest BCUT2D eigenvalue weighted by Crippen LogP contribution is -2.24. The van der Waals surface area contributed by atoms with Gasteiger partial charge in [0.05, 0.1) is 11.3 Å². The van der Waals surface area contributed by atoms with Crippen molar-refractivity contribution >= 4 is 11.6 Å². The molecule has 0 bridgehead atoms. The molecule has 20 heavy (non-hydrogen) atoms. The van der Waals surface area contributed by atoms with E-state index in [1.54, 1.807) is 0 Å². The summed E-state index contributed by atoms with van der Waals surface area (Å²) in [6.07, 6.45) is 6.14. The smallest absolute Gasteiger partial charge is 0.252 e. The Hall–Kier alpha value is -1.84. The fourth-order valence-electron chi connectivity index (χ4n) is 2.36. The molecule has 2 rings (SSSR count). The van der Waals surface area contributed by atoms with Crippen LogP contribution in [0.5, 0.6) is 0 Å². The second-order valence-corrected chi connectivity index (χ2v) is 5.11. The number of unbranched alkanes of at least 4 members (excludes halogenated alkanes) is 2. The standard InChI is InChI=1S/C16H23N3O/c1-4-6-7-10-17-16(20)13-8-9-15-18-14(5-2)12(3)19(15)11-13/h8-9,11H,4-7,10H2,1-3H3,(H,17,20). The van der Waals surface area contributed by atoms with Gasteiger partial charge in [-0.15, -0.1) is 0 Å². The van der Waals surface area contributed by atoms with Crippen LogP contribution in [0.25, 0.3) is 5.65 Å². The fraction of sp³-hybridized carbons (Fsp3) is 0.500. The van der Waals surface area contributed by atoms with Crippen LogP contribution in [0.3, 0.4) is 0 Å². The van der Waals surface area contributed by atoms with Crippen LogP contribution in [0.15, 0.2) is 18.3 Å². The third-order valence-corrected chi connectivity index (χ3v) is 3.62. The Morgan fingerprint density at radius 3 is 2.80 bits per heavy atom. The first kappa shape index (κ1) is 14.6. The normalized spacial score (nSPS) is 10.9. The number of nitrogens with one attached hydrogen (secondary N) is 1. The van der Waals surface area contributed by atoms with Crippen LogP contribution in [0.1, 0.15) is 54.9 Å². The van der Waals surface area contributed by atoms with E-state index >= 15 is 0 Å². The van der Waals surface area contributed by atoms with E-state index in [-0.39, 0.29) is 5.91 Å². The lowest BCUT2D eigenvalue weighted by atomic mass is 10.2. The SMILES string of the molecule is CCCCCNC(=O)c1ccc2nc(CC)c(C)n2c1. The van der Waals surface area contributed by atoms with Crippen molar-refractivity contribution in [3.8, 4) is 0 Å². The van der Waals surface area contributed by atoms with Crippen molar-refractivity contribution in [2.24, 2.45) is 0 Å². The maximum absolute atomic E-state index is 12.1. The van der Waals surface area contributed by atoms with E-state index in [2.05, 4.69) is 24.1 Å². The zero-order chi connectivity index (χ0) is 14.5. The largest absolute Gasteiger partial charge is 0.352 e. The number of nitrogens with zero attached hydrogens (tertiary/aromatic N) is 2. The summed E-state index contributed by atoms with van der Waals surface area (Å²) in [6, 6.07) is 3.75. The molecule has 0 spiro atoms. The maximum Gasteiger partial charge on any atom is 0.252 e. The van der Waals surface area contributed by atoms with E-state index in [0.717, 1.165) is 49.3 Å². The van der Waals surface area contributed by atoms with Crippen molar-refractivity contribution in [1.82, 2.24) is 14.7 Å². The minimum Gasteiger partial charge on any atom is -0.352 e. The number of aromatic nitrogens is 2. The van der Waals surface area contributed by atoms with Gasteiger partial charge >= 0.3 is 0 Å². The van der Waals surface area contributed by atoms with Crippen LogP contribution in [-0.2, 0) is 6.42 Å². The molecule has 0 aliphatic carbocycles. The van der Waals surface area contributed by atoms with Gasteiger partial charge in [0.2, 0.25) is 0 Å². The van der Waals surface area contributed by atoms with Crippen molar-refractivity contribution < 1.29 is 4.79 Å². The maximum atomic E-state index is 12.1. The van der Waals surface area contributed by atoms with Gasteiger partial charge < -0.3 is 9.72 Å². The molecule has 0 aliphatic rings. The Balaban J connectivity index is 2.14. The second-order valence-electron chi connectivity index (χ2n) is 5.11. The number of pyridine rings is 1. The van der Waals surface area contributed by atoms with Crippen LogP contribution in [0, 0.1) is 6.92 Å². The number of aryl methyl sites for hydroxylation is 2. The van der Waals surface area contributed by atoms with Crippen molar-refractivity contribution in [3.63, 3.8) is 0 Å². The number of rotatable bonds is 6. The summed E-state index contributed by atoms with van der Waals surface area (Å²) in [5, 5.41) is 2.97. The average molecular weight is 273 g/mol. The van der Waals surface area contributed by atoms with Crippen LogP contribution in [0.2, 0.25) is 0 Å². The number of imidazole rings is 1. The molecular formula is C16H23N3O. The Bertz CT molecular complexity index is 601. The van der Waals surface area contributed by atoms with Crippen LogP contribution >= 0.6 is 0 Å². The van der Waals surface area contributed by atoms with Crippen molar-refractivity contribution in [1.29, 1.82) is 0 Å². The zero-order valence-corrected chi connectivity index (χ0v) is 12.6. The molecule has 0 aromatic carbocycles. The minimum atomic E-state index is -0.00542. The first-order chi connectivity index (χ1) is 9.67. The van der Waals surface area contributed by atoms with Crippen LogP contribution in [0.4, 0.5) is 0 Å². The van der Waals surface area contributed by atoms with Crippen LogP contribution in [-0.4, -0.2) is 21.8 Å². The highest BCUT2D eigenvalue weighted by atomic mass is 16.1. The Labute approximate surface area is 120 Å². The van der Waals surface area contributed by atoms with Crippen LogP contribution < -0.4 is 5.32 Å². The highest BCUT2D eigenvalue weighted by Gasteiger charge is 2.10. The summed E-state index contributed by atoms with van der Waals surface area (Å²) in [7, 11) is 0. The molecule has 4 heteroatoms. The molecule has 2 heterocycles. The molecule has 1 amide bonds. The topological polar surface area (TPSA) is 46.4 Å². The fourth-order valence-corrected chi connectivity index (χ4v) is 2.36. The number of fused-ring (bicyclic) bond motifs is 1. The van der Waals surface area contributed by atoms with Gasteiger partial charge in [0.15, 0.2) is 0 Å². The third kappa shape index (κ3) is 3.00. The van der Waals surface area contributed by atoms with Gasteiger partial charge in [-0.05, 0) is 31.9 Å². The van der Waals surface area contributed by atoms with Gasteiger partial charge in [-0.25, -0.2) is 4.98 Å². The molecule has 0 unspecified atom stereocenters. The zero-order valence-electron chi connectivity index (χ0n) is 12.6. The quantitative estimate of drug-likeness (QED) is 0.822. The molecule has 0 radical (unpaired) electrons. The van der Waals surface area contributed by atoms with Gasteiger partial charge in [0.1, 0.15) is 5.65 Å². The average Bonchev–Trinajstić information content (AvgIpc) is 2.79. The summed E-state index contributed by atoms with van der Waals surface area (Å²) in [5.41, 5.74) is 3.80. The van der Waals surface area contributed by atoms with Crippen molar-refractivity contribution in [2.45, 2.75) is 46.5 Å². The van der Waals surface area contributed by atoms with E-state index in [1.165, 1.54) is 0 Å².